The lowest BCUT2D eigenvalue weighted by Gasteiger charge is -2.24. The van der Waals surface area contributed by atoms with Gasteiger partial charge in [0.1, 0.15) is 34.3 Å². The van der Waals surface area contributed by atoms with Gasteiger partial charge in [0.2, 0.25) is 17.8 Å². The van der Waals surface area contributed by atoms with Crippen molar-refractivity contribution in [1.82, 2.24) is 36.2 Å². The maximum Gasteiger partial charge on any atom is 0.262 e. The quantitative estimate of drug-likeness (QED) is 0.0193. The minimum absolute atomic E-state index is 0.0195. The average Bonchev–Trinajstić information content (AvgIpc) is 3.29. The van der Waals surface area contributed by atoms with Crippen LogP contribution in [0, 0.1) is 25.5 Å². The summed E-state index contributed by atoms with van der Waals surface area (Å²) in [7, 11) is -8.54. The molecule has 0 radical (unpaired) electrons. The number of guanidine groups is 2. The zero-order chi connectivity index (χ0) is 50.8. The maximum absolute atomic E-state index is 14.6. The first-order chi connectivity index (χ1) is 32.1. The van der Waals surface area contributed by atoms with E-state index in [0.717, 1.165) is 11.1 Å². The Balaban J connectivity index is 0.000000366. The predicted molar refractivity (Wildman–Crippen MR) is 261 cm³/mol. The SMILES string of the molecule is C=CCCC(=O)NNC(=NS(=O)(=O)[C@@H](C)[C@@H](OC(C)C)c1ncc(C)cn1)Nc1c(F)cccc1C=C.C=Cc1cccc(F)c1NC(=NS(=O)(=O)[C@@H](C)[C@@H](OC(C)C)c1ncc(C)cn1)NN. The number of benzene rings is 2. The molecule has 0 fully saturated rings. The van der Waals surface area contributed by atoms with Crippen molar-refractivity contribution in [2.75, 3.05) is 10.6 Å². The third-order valence-corrected chi connectivity index (χ3v) is 12.5. The summed E-state index contributed by atoms with van der Waals surface area (Å²) >= 11 is 0. The van der Waals surface area contributed by atoms with E-state index in [1.807, 2.05) is 6.92 Å². The zero-order valence-corrected chi connectivity index (χ0v) is 40.8. The number of ether oxygens (including phenoxy) is 2. The molecule has 0 spiro atoms. The molecular formula is C45H60F2N12O7S2. The van der Waals surface area contributed by atoms with E-state index in [1.54, 1.807) is 77.6 Å². The summed E-state index contributed by atoms with van der Waals surface area (Å²) in [6.45, 7) is 24.3. The van der Waals surface area contributed by atoms with E-state index in [9.17, 15) is 30.4 Å². The van der Waals surface area contributed by atoms with Gasteiger partial charge in [-0.2, -0.15) is 0 Å². The maximum atomic E-state index is 14.6. The minimum Gasteiger partial charge on any atom is -0.366 e. The Kier molecular flexibility index (Phi) is 21.4. The lowest BCUT2D eigenvalue weighted by Crippen LogP contribution is -2.46. The molecule has 0 aliphatic carbocycles. The fraction of sp³-hybridized carbons (Fsp3) is 0.356. The number of carbonyl (C=O) groups excluding carboxylic acids is 1. The molecule has 68 heavy (non-hydrogen) atoms. The number of sulfonamides is 2. The molecule has 0 saturated heterocycles. The number of hydrogen-bond donors (Lipinski definition) is 6. The van der Waals surface area contributed by atoms with Crippen molar-refractivity contribution in [1.29, 1.82) is 0 Å². The molecule has 4 atom stereocenters. The number of hydrazine groups is 2. The number of nitrogens with two attached hydrogens (primary N) is 1. The summed E-state index contributed by atoms with van der Waals surface area (Å²) in [5.74, 6) is 3.28. The second-order valence-corrected chi connectivity index (χ2v) is 19.4. The van der Waals surface area contributed by atoms with Crippen LogP contribution in [0.15, 0.2) is 95.8 Å². The number of anilines is 2. The number of amides is 1. The van der Waals surface area contributed by atoms with Gasteiger partial charge < -0.3 is 20.1 Å². The van der Waals surface area contributed by atoms with Gasteiger partial charge in [-0.05, 0) is 85.1 Å². The molecule has 0 aliphatic rings. The highest BCUT2D eigenvalue weighted by molar-refractivity contribution is 7.91. The van der Waals surface area contributed by atoms with E-state index in [0.29, 0.717) is 17.5 Å². The van der Waals surface area contributed by atoms with Gasteiger partial charge in [-0.3, -0.25) is 21.1 Å². The molecule has 19 nitrogen and oxygen atoms in total. The first-order valence-electron chi connectivity index (χ1n) is 21.1. The van der Waals surface area contributed by atoms with Gasteiger partial charge in [-0.1, -0.05) is 55.7 Å². The van der Waals surface area contributed by atoms with Crippen LogP contribution in [0.2, 0.25) is 0 Å². The number of aryl methyl sites for hydroxylation is 2. The average molecular weight is 983 g/mol. The minimum atomic E-state index is -4.34. The number of allylic oxidation sites excluding steroid dienone is 1. The number of nitrogens with zero attached hydrogens (tertiary/aromatic N) is 6. The number of aromatic nitrogens is 4. The summed E-state index contributed by atoms with van der Waals surface area (Å²) in [5.41, 5.74) is 9.24. The lowest BCUT2D eigenvalue weighted by molar-refractivity contribution is -0.121. The Hall–Kier alpha value is -6.53. The van der Waals surface area contributed by atoms with Crippen molar-refractivity contribution < 1.29 is 39.9 Å². The summed E-state index contributed by atoms with van der Waals surface area (Å²) < 4.78 is 101. The molecule has 0 bridgehead atoms. The molecule has 0 unspecified atom stereocenters. The molecule has 2 heterocycles. The first-order valence-corrected chi connectivity index (χ1v) is 24.1. The smallest absolute Gasteiger partial charge is 0.262 e. The van der Waals surface area contributed by atoms with Crippen LogP contribution in [0.4, 0.5) is 20.2 Å². The van der Waals surface area contributed by atoms with Crippen molar-refractivity contribution in [3.8, 4) is 0 Å². The molecular weight excluding hydrogens is 923 g/mol. The number of hydrogen-bond acceptors (Lipinski definition) is 12. The van der Waals surface area contributed by atoms with E-state index in [-0.39, 0.29) is 47.6 Å². The summed E-state index contributed by atoms with van der Waals surface area (Å²) in [6.07, 6.45) is 8.48. The number of nitrogens with one attached hydrogen (secondary N) is 5. The van der Waals surface area contributed by atoms with Gasteiger partial charge in [0.15, 0.2) is 11.6 Å². The molecule has 0 aliphatic heterocycles. The van der Waals surface area contributed by atoms with Crippen LogP contribution in [0.1, 0.15) is 100 Å². The molecule has 4 aromatic rings. The van der Waals surface area contributed by atoms with Crippen molar-refractivity contribution in [2.45, 2.75) is 103 Å². The third-order valence-electron chi connectivity index (χ3n) is 9.23. The van der Waals surface area contributed by atoms with E-state index in [1.165, 1.54) is 50.3 Å². The Morgan fingerprint density at radius 2 is 1.09 bits per heavy atom. The van der Waals surface area contributed by atoms with Gasteiger partial charge in [0.05, 0.1) is 23.6 Å². The van der Waals surface area contributed by atoms with Crippen molar-refractivity contribution >= 4 is 61.4 Å². The fourth-order valence-corrected chi connectivity index (χ4v) is 7.72. The Labute approximate surface area is 397 Å². The number of halogens is 2. The van der Waals surface area contributed by atoms with Crippen LogP contribution < -0.4 is 32.8 Å². The Bertz CT molecular complexity index is 2630. The van der Waals surface area contributed by atoms with E-state index in [2.05, 4.69) is 75.4 Å². The predicted octanol–water partition coefficient (Wildman–Crippen LogP) is 6.49. The Morgan fingerprint density at radius 3 is 1.46 bits per heavy atom. The summed E-state index contributed by atoms with van der Waals surface area (Å²) in [4.78, 5) is 29.0. The van der Waals surface area contributed by atoms with Crippen molar-refractivity contribution in [3.63, 3.8) is 0 Å². The monoisotopic (exact) mass is 982 g/mol. The molecule has 2 aromatic heterocycles. The second kappa shape index (κ2) is 26.1. The standard InChI is InChI=1S/C25H33FN6O4S.C20H27FN6O3S/c1-7-9-13-21(33)30-31-25(29-22-19(8-2)11-10-12-20(22)26)32-37(34,35)18(6)23(36-16(3)4)24-27-14-17(5)15-28-24;1-6-15-8-7-9-16(21)17(15)25-20(26-22)27-31(28,29)14(5)18(30-12(2)3)19-23-10-13(4)11-24-19/h7-8,10-12,14-16,18,23H,1-2,9,13H2,3-6H3,(H,30,33)(H2,29,31,32);6-12,14,18H,1,22H2,2-5H3,(H2,25,26,27)/t18-,23+;14-,18+/m00/s1. The van der Waals surface area contributed by atoms with Crippen LogP contribution in [0.25, 0.3) is 12.2 Å². The fourth-order valence-electron chi connectivity index (χ4n) is 5.69. The van der Waals surface area contributed by atoms with Crippen molar-refractivity contribution in [3.05, 3.63) is 133 Å². The van der Waals surface area contributed by atoms with E-state index in [4.69, 9.17) is 15.3 Å². The molecule has 0 saturated carbocycles. The molecule has 1 amide bonds. The Morgan fingerprint density at radius 1 is 0.691 bits per heavy atom. The summed E-state index contributed by atoms with van der Waals surface area (Å²) in [5, 5.41) is 2.79. The molecule has 4 rings (SSSR count). The normalized spacial score (nSPS) is 13.8. The first kappa shape index (κ1) is 55.8. The van der Waals surface area contributed by atoms with E-state index < -0.39 is 66.3 Å². The highest BCUT2D eigenvalue weighted by Gasteiger charge is 2.36. The second-order valence-electron chi connectivity index (χ2n) is 15.5. The molecule has 7 N–H and O–H groups in total. The summed E-state index contributed by atoms with van der Waals surface area (Å²) in [6, 6.07) is 8.56. The van der Waals surface area contributed by atoms with Crippen molar-refractivity contribution in [2.24, 2.45) is 14.6 Å². The van der Waals surface area contributed by atoms with Gasteiger partial charge in [0, 0.05) is 42.3 Å². The van der Waals surface area contributed by atoms with Gasteiger partial charge in [-0.25, -0.2) is 51.4 Å². The number of carbonyl (C=O) groups is 1. The largest absolute Gasteiger partial charge is 0.366 e. The van der Waals surface area contributed by atoms with Gasteiger partial charge in [-0.15, -0.1) is 15.4 Å². The van der Waals surface area contributed by atoms with Crippen LogP contribution in [-0.4, -0.2) is 77.3 Å². The third kappa shape index (κ3) is 16.7. The highest BCUT2D eigenvalue weighted by atomic mass is 32.2. The van der Waals surface area contributed by atoms with Gasteiger partial charge in [0.25, 0.3) is 20.0 Å². The zero-order valence-electron chi connectivity index (χ0n) is 39.2. The topological polar surface area (TPSA) is 266 Å². The van der Waals surface area contributed by atoms with Crippen LogP contribution in [0.5, 0.6) is 0 Å². The van der Waals surface area contributed by atoms with E-state index >= 15 is 0 Å². The molecule has 23 heteroatoms. The molecule has 368 valence electrons. The van der Waals surface area contributed by atoms with Crippen LogP contribution in [-0.2, 0) is 34.3 Å². The lowest BCUT2D eigenvalue weighted by atomic mass is 10.1. The highest BCUT2D eigenvalue weighted by Crippen LogP contribution is 2.29. The van der Waals surface area contributed by atoms with Gasteiger partial charge >= 0.3 is 0 Å². The van der Waals surface area contributed by atoms with Crippen LogP contribution >= 0.6 is 0 Å². The number of para-hydroxylation sites is 2. The molecule has 2 aromatic carbocycles. The van der Waals surface area contributed by atoms with Crippen LogP contribution in [0.3, 0.4) is 0 Å². The number of rotatable bonds is 19.